The zero-order chi connectivity index (χ0) is 9.97. The number of morpholine rings is 1. The minimum absolute atomic E-state index is 0.0174. The smallest absolute Gasteiger partial charge is 0.224 e. The molecule has 14 heavy (non-hydrogen) atoms. The minimum atomic E-state index is -0.0174. The summed E-state index contributed by atoms with van der Waals surface area (Å²) >= 11 is 0. The molecular formula is C10H16N2O2. The molecule has 1 aliphatic heterocycles. The average molecular weight is 196 g/mol. The van der Waals surface area contributed by atoms with E-state index in [9.17, 15) is 0 Å². The summed E-state index contributed by atoms with van der Waals surface area (Å²) in [5.41, 5.74) is 0. The Labute approximate surface area is 83.7 Å². The highest BCUT2D eigenvalue weighted by molar-refractivity contribution is 5.01. The van der Waals surface area contributed by atoms with Gasteiger partial charge in [-0.2, -0.15) is 0 Å². The van der Waals surface area contributed by atoms with E-state index in [0.717, 1.165) is 25.5 Å². The monoisotopic (exact) mass is 196 g/mol. The summed E-state index contributed by atoms with van der Waals surface area (Å²) in [4.78, 5) is 4.23. The van der Waals surface area contributed by atoms with Gasteiger partial charge in [-0.1, -0.05) is 13.8 Å². The van der Waals surface area contributed by atoms with Gasteiger partial charge < -0.3 is 14.5 Å². The molecule has 1 aromatic rings. The van der Waals surface area contributed by atoms with Crippen molar-refractivity contribution in [1.82, 2.24) is 10.3 Å². The molecule has 1 N–H and O–H groups in total. The molecule has 78 valence electrons. The van der Waals surface area contributed by atoms with E-state index in [1.807, 2.05) is 0 Å². The van der Waals surface area contributed by atoms with Crippen LogP contribution in [0.4, 0.5) is 0 Å². The van der Waals surface area contributed by atoms with Crippen LogP contribution in [0, 0.1) is 0 Å². The highest BCUT2D eigenvalue weighted by Crippen LogP contribution is 2.22. The van der Waals surface area contributed by atoms with Crippen LogP contribution < -0.4 is 5.32 Å². The predicted molar refractivity (Wildman–Crippen MR) is 52.2 cm³/mol. The van der Waals surface area contributed by atoms with Gasteiger partial charge in [0.1, 0.15) is 11.9 Å². The number of rotatable bonds is 2. The lowest BCUT2D eigenvalue weighted by Gasteiger charge is -2.20. The molecule has 0 radical (unpaired) electrons. The van der Waals surface area contributed by atoms with E-state index in [0.29, 0.717) is 11.8 Å². The summed E-state index contributed by atoms with van der Waals surface area (Å²) in [7, 11) is 0. The third-order valence-electron chi connectivity index (χ3n) is 2.31. The first kappa shape index (κ1) is 9.68. The molecule has 0 aliphatic carbocycles. The highest BCUT2D eigenvalue weighted by Gasteiger charge is 2.21. The molecule has 1 aromatic heterocycles. The molecule has 0 saturated carbocycles. The Balaban J connectivity index is 2.07. The molecule has 0 bridgehead atoms. The van der Waals surface area contributed by atoms with Crippen LogP contribution in [0.3, 0.4) is 0 Å². The minimum Gasteiger partial charge on any atom is -0.443 e. The zero-order valence-corrected chi connectivity index (χ0v) is 8.62. The lowest BCUT2D eigenvalue weighted by atomic mass is 10.2. The van der Waals surface area contributed by atoms with Crippen LogP contribution in [0.25, 0.3) is 0 Å². The van der Waals surface area contributed by atoms with Crippen LogP contribution in [0.1, 0.15) is 37.5 Å². The molecule has 4 nitrogen and oxygen atoms in total. The van der Waals surface area contributed by atoms with E-state index in [1.165, 1.54) is 0 Å². The molecule has 0 spiro atoms. The molecule has 1 saturated heterocycles. The van der Waals surface area contributed by atoms with Crippen LogP contribution in [0.15, 0.2) is 10.6 Å². The fraction of sp³-hybridized carbons (Fsp3) is 0.700. The van der Waals surface area contributed by atoms with Crippen molar-refractivity contribution < 1.29 is 9.15 Å². The van der Waals surface area contributed by atoms with Gasteiger partial charge in [-0.05, 0) is 0 Å². The SMILES string of the molecule is CC(C)c1cnc(C2CNCCO2)o1. The molecule has 1 fully saturated rings. The largest absolute Gasteiger partial charge is 0.443 e. The molecule has 4 heteroatoms. The molecule has 1 unspecified atom stereocenters. The van der Waals surface area contributed by atoms with Crippen LogP contribution in [-0.4, -0.2) is 24.7 Å². The number of hydrogen-bond acceptors (Lipinski definition) is 4. The van der Waals surface area contributed by atoms with E-state index < -0.39 is 0 Å². The zero-order valence-electron chi connectivity index (χ0n) is 8.62. The maximum Gasteiger partial charge on any atom is 0.224 e. The second-order valence-corrected chi connectivity index (χ2v) is 3.82. The second-order valence-electron chi connectivity index (χ2n) is 3.82. The van der Waals surface area contributed by atoms with Crippen LogP contribution in [-0.2, 0) is 4.74 Å². The van der Waals surface area contributed by atoms with E-state index >= 15 is 0 Å². The maximum absolute atomic E-state index is 5.61. The van der Waals surface area contributed by atoms with Crippen molar-refractivity contribution in [3.05, 3.63) is 17.8 Å². The molecule has 0 amide bonds. The van der Waals surface area contributed by atoms with Gasteiger partial charge in [0.15, 0.2) is 0 Å². The number of oxazole rings is 1. The summed E-state index contributed by atoms with van der Waals surface area (Å²) in [6.45, 7) is 6.60. The molecule has 1 aliphatic rings. The van der Waals surface area contributed by atoms with Crippen molar-refractivity contribution in [3.63, 3.8) is 0 Å². The maximum atomic E-state index is 5.61. The Morgan fingerprint density at radius 3 is 3.00 bits per heavy atom. The quantitative estimate of drug-likeness (QED) is 0.778. The first-order valence-corrected chi connectivity index (χ1v) is 5.05. The third kappa shape index (κ3) is 1.96. The van der Waals surface area contributed by atoms with Gasteiger partial charge in [0.05, 0.1) is 12.8 Å². The Kier molecular flexibility index (Phi) is 2.84. The van der Waals surface area contributed by atoms with Gasteiger partial charge in [-0.3, -0.25) is 0 Å². The Hall–Kier alpha value is -0.870. The number of nitrogens with one attached hydrogen (secondary N) is 1. The molecule has 2 rings (SSSR count). The summed E-state index contributed by atoms with van der Waals surface area (Å²) in [6.07, 6.45) is 1.77. The number of hydrogen-bond donors (Lipinski definition) is 1. The first-order chi connectivity index (χ1) is 6.77. The van der Waals surface area contributed by atoms with Crippen molar-refractivity contribution in [2.45, 2.75) is 25.9 Å². The Morgan fingerprint density at radius 1 is 1.57 bits per heavy atom. The van der Waals surface area contributed by atoms with Crippen molar-refractivity contribution in [2.24, 2.45) is 0 Å². The average Bonchev–Trinajstić information content (AvgIpc) is 2.68. The predicted octanol–water partition coefficient (Wildman–Crippen LogP) is 1.46. The van der Waals surface area contributed by atoms with Gasteiger partial charge >= 0.3 is 0 Å². The summed E-state index contributed by atoms with van der Waals surface area (Å²) in [5.74, 6) is 2.00. The van der Waals surface area contributed by atoms with Crippen molar-refractivity contribution >= 4 is 0 Å². The Bertz CT molecular complexity index is 290. The number of aromatic nitrogens is 1. The Morgan fingerprint density at radius 2 is 2.43 bits per heavy atom. The lowest BCUT2D eigenvalue weighted by molar-refractivity contribution is 0.0101. The third-order valence-corrected chi connectivity index (χ3v) is 2.31. The van der Waals surface area contributed by atoms with Gasteiger partial charge in [0.25, 0.3) is 0 Å². The summed E-state index contributed by atoms with van der Waals surface area (Å²) in [6, 6.07) is 0. The van der Waals surface area contributed by atoms with E-state index in [4.69, 9.17) is 9.15 Å². The van der Waals surface area contributed by atoms with Gasteiger partial charge in [0.2, 0.25) is 5.89 Å². The van der Waals surface area contributed by atoms with Crippen LogP contribution >= 0.6 is 0 Å². The fourth-order valence-electron chi connectivity index (χ4n) is 1.44. The van der Waals surface area contributed by atoms with E-state index in [2.05, 4.69) is 24.1 Å². The lowest BCUT2D eigenvalue weighted by Crippen LogP contribution is -2.33. The second kappa shape index (κ2) is 4.11. The molecule has 2 heterocycles. The van der Waals surface area contributed by atoms with Crippen molar-refractivity contribution in [2.75, 3.05) is 19.7 Å². The fourth-order valence-corrected chi connectivity index (χ4v) is 1.44. The van der Waals surface area contributed by atoms with E-state index in [1.54, 1.807) is 6.20 Å². The van der Waals surface area contributed by atoms with Crippen molar-refractivity contribution in [3.8, 4) is 0 Å². The van der Waals surface area contributed by atoms with Crippen molar-refractivity contribution in [1.29, 1.82) is 0 Å². The summed E-state index contributed by atoms with van der Waals surface area (Å²) < 4.78 is 11.1. The summed E-state index contributed by atoms with van der Waals surface area (Å²) in [5, 5.41) is 3.25. The first-order valence-electron chi connectivity index (χ1n) is 5.05. The normalized spacial score (nSPS) is 22.9. The molecule has 0 aromatic carbocycles. The van der Waals surface area contributed by atoms with Crippen LogP contribution in [0.5, 0.6) is 0 Å². The van der Waals surface area contributed by atoms with Gasteiger partial charge in [0, 0.05) is 19.0 Å². The topological polar surface area (TPSA) is 47.3 Å². The highest BCUT2D eigenvalue weighted by atomic mass is 16.5. The molecule has 1 atom stereocenters. The number of ether oxygens (including phenoxy) is 1. The standard InChI is InChI=1S/C10H16N2O2/c1-7(2)8-6-12-10(14-8)9-5-11-3-4-13-9/h6-7,9,11H,3-5H2,1-2H3. The molecular weight excluding hydrogens is 180 g/mol. The van der Waals surface area contributed by atoms with Gasteiger partial charge in [-0.25, -0.2) is 4.98 Å². The van der Waals surface area contributed by atoms with Gasteiger partial charge in [-0.15, -0.1) is 0 Å². The number of nitrogens with zero attached hydrogens (tertiary/aromatic N) is 1. The van der Waals surface area contributed by atoms with E-state index in [-0.39, 0.29) is 6.10 Å². The van der Waals surface area contributed by atoms with Crippen LogP contribution in [0.2, 0.25) is 0 Å².